The highest BCUT2D eigenvalue weighted by Gasteiger charge is 2.37. The summed E-state index contributed by atoms with van der Waals surface area (Å²) in [5.74, 6) is -0.878. The van der Waals surface area contributed by atoms with Crippen LogP contribution in [0.15, 0.2) is 23.3 Å². The van der Waals surface area contributed by atoms with E-state index in [1.165, 1.54) is 5.01 Å². The molecule has 2 aliphatic rings. The maximum Gasteiger partial charge on any atom is 0.354 e. The van der Waals surface area contributed by atoms with E-state index < -0.39 is 21.8 Å². The van der Waals surface area contributed by atoms with E-state index in [-0.39, 0.29) is 42.6 Å². The Hall–Kier alpha value is -2.22. The molecule has 7 nitrogen and oxygen atoms in total. The lowest BCUT2D eigenvalue weighted by atomic mass is 10.1. The van der Waals surface area contributed by atoms with Crippen molar-refractivity contribution in [2.45, 2.75) is 45.8 Å². The van der Waals surface area contributed by atoms with Crippen molar-refractivity contribution in [1.82, 2.24) is 5.01 Å². The second kappa shape index (κ2) is 7.19. The van der Waals surface area contributed by atoms with Crippen molar-refractivity contribution < 1.29 is 22.7 Å². The summed E-state index contributed by atoms with van der Waals surface area (Å²) < 4.78 is 28.6. The van der Waals surface area contributed by atoms with E-state index in [2.05, 4.69) is 5.10 Å². The fraction of sp³-hybridized carbons (Fsp3) is 0.500. The summed E-state index contributed by atoms with van der Waals surface area (Å²) >= 11 is 0. The number of ether oxygens (including phenoxy) is 1. The number of hydrogen-bond acceptors (Lipinski definition) is 6. The monoisotopic (exact) mass is 378 g/mol. The van der Waals surface area contributed by atoms with Crippen LogP contribution in [0.25, 0.3) is 0 Å². The van der Waals surface area contributed by atoms with Gasteiger partial charge in [-0.05, 0) is 25.8 Å². The second-order valence-electron chi connectivity index (χ2n) is 6.91. The predicted molar refractivity (Wildman–Crippen MR) is 96.3 cm³/mol. The normalized spacial score (nSPS) is 22.2. The van der Waals surface area contributed by atoms with Crippen molar-refractivity contribution in [3.63, 3.8) is 0 Å². The van der Waals surface area contributed by atoms with Crippen molar-refractivity contribution in [3.05, 3.63) is 34.9 Å². The van der Waals surface area contributed by atoms with Crippen LogP contribution in [0, 0.1) is 13.8 Å². The van der Waals surface area contributed by atoms with E-state index in [4.69, 9.17) is 4.74 Å². The molecule has 1 aromatic rings. The van der Waals surface area contributed by atoms with Gasteiger partial charge in [0.05, 0.1) is 17.5 Å². The van der Waals surface area contributed by atoms with Crippen LogP contribution < -0.4 is 0 Å². The highest BCUT2D eigenvalue weighted by molar-refractivity contribution is 7.91. The predicted octanol–water partition coefficient (Wildman–Crippen LogP) is 1.51. The zero-order valence-corrected chi connectivity index (χ0v) is 15.7. The van der Waals surface area contributed by atoms with Gasteiger partial charge in [-0.3, -0.25) is 4.79 Å². The molecule has 1 amide bonds. The summed E-state index contributed by atoms with van der Waals surface area (Å²) in [4.78, 5) is 24.4. The molecule has 8 heteroatoms. The van der Waals surface area contributed by atoms with Crippen LogP contribution >= 0.6 is 0 Å². The van der Waals surface area contributed by atoms with E-state index >= 15 is 0 Å². The van der Waals surface area contributed by atoms with Crippen LogP contribution in [-0.2, 0) is 30.8 Å². The van der Waals surface area contributed by atoms with Crippen LogP contribution in [0.2, 0.25) is 0 Å². The number of sulfone groups is 1. The SMILES string of the molecule is Cc1cc(C)cc(COC(=O)C2=NN(C3CCS(=O)(=O)C3)C(=O)CC2)c1. The Balaban J connectivity index is 1.68. The van der Waals surface area contributed by atoms with E-state index in [0.717, 1.165) is 16.7 Å². The summed E-state index contributed by atoms with van der Waals surface area (Å²) in [6.45, 7) is 4.08. The molecule has 1 aromatic carbocycles. The van der Waals surface area contributed by atoms with E-state index in [9.17, 15) is 18.0 Å². The van der Waals surface area contributed by atoms with Crippen LogP contribution in [0.3, 0.4) is 0 Å². The van der Waals surface area contributed by atoms with Crippen molar-refractivity contribution in [2.24, 2.45) is 5.10 Å². The first kappa shape index (κ1) is 18.6. The first-order valence-electron chi connectivity index (χ1n) is 8.58. The van der Waals surface area contributed by atoms with Gasteiger partial charge in [-0.15, -0.1) is 0 Å². The molecule has 0 radical (unpaired) electrons. The molecule has 1 unspecified atom stereocenters. The van der Waals surface area contributed by atoms with Crippen molar-refractivity contribution in [1.29, 1.82) is 0 Å². The zero-order valence-electron chi connectivity index (χ0n) is 14.9. The molecule has 0 spiro atoms. The molecular formula is C18H22N2O5S. The molecule has 26 heavy (non-hydrogen) atoms. The van der Waals surface area contributed by atoms with Crippen LogP contribution in [0.5, 0.6) is 0 Å². The third kappa shape index (κ3) is 4.30. The quantitative estimate of drug-likeness (QED) is 0.741. The Morgan fingerprint density at radius 3 is 2.54 bits per heavy atom. The van der Waals surface area contributed by atoms with E-state index in [1.807, 2.05) is 32.0 Å². The number of hydrogen-bond donors (Lipinski definition) is 0. The van der Waals surface area contributed by atoms with Gasteiger partial charge in [-0.1, -0.05) is 29.3 Å². The number of amides is 1. The van der Waals surface area contributed by atoms with Crippen LogP contribution in [0.4, 0.5) is 0 Å². The molecule has 1 fully saturated rings. The number of esters is 1. The first-order chi connectivity index (χ1) is 12.2. The molecule has 2 heterocycles. The Bertz CT molecular complexity index is 855. The maximum atomic E-state index is 12.3. The molecule has 0 bridgehead atoms. The topological polar surface area (TPSA) is 93.1 Å². The summed E-state index contributed by atoms with van der Waals surface area (Å²) in [6.07, 6.45) is 0.691. The average molecular weight is 378 g/mol. The molecule has 2 aliphatic heterocycles. The smallest absolute Gasteiger partial charge is 0.354 e. The number of nitrogens with zero attached hydrogens (tertiary/aromatic N) is 2. The van der Waals surface area contributed by atoms with Gasteiger partial charge in [0.2, 0.25) is 5.91 Å². The number of rotatable bonds is 4. The molecule has 0 N–H and O–H groups in total. The van der Waals surface area contributed by atoms with Crippen molar-refractivity contribution in [3.8, 4) is 0 Å². The molecule has 0 aliphatic carbocycles. The first-order valence-corrected chi connectivity index (χ1v) is 10.4. The minimum absolute atomic E-state index is 0.0451. The van der Waals surface area contributed by atoms with Crippen LogP contribution in [-0.4, -0.2) is 48.6 Å². The minimum Gasteiger partial charge on any atom is -0.456 e. The summed E-state index contributed by atoms with van der Waals surface area (Å²) in [5.41, 5.74) is 3.23. The molecular weight excluding hydrogens is 356 g/mol. The Labute approximate surface area is 152 Å². The van der Waals surface area contributed by atoms with Crippen molar-refractivity contribution in [2.75, 3.05) is 11.5 Å². The molecule has 1 saturated heterocycles. The standard InChI is InChI=1S/C18H22N2O5S/c1-12-7-13(2)9-14(8-12)10-25-18(22)16-3-4-17(21)20(19-16)15-5-6-26(23,24)11-15/h7-9,15H,3-6,10-11H2,1-2H3. The number of carbonyl (C=O) groups is 2. The Morgan fingerprint density at radius 1 is 1.23 bits per heavy atom. The maximum absolute atomic E-state index is 12.3. The van der Waals surface area contributed by atoms with Crippen LogP contribution in [0.1, 0.15) is 36.0 Å². The van der Waals surface area contributed by atoms with E-state index in [1.54, 1.807) is 0 Å². The number of aryl methyl sites for hydroxylation is 2. The number of hydrazone groups is 1. The highest BCUT2D eigenvalue weighted by atomic mass is 32.2. The number of carbonyl (C=O) groups excluding carboxylic acids is 2. The summed E-state index contributed by atoms with van der Waals surface area (Å²) in [6, 6.07) is 5.44. The summed E-state index contributed by atoms with van der Waals surface area (Å²) in [5, 5.41) is 5.29. The average Bonchev–Trinajstić information content (AvgIpc) is 2.92. The van der Waals surface area contributed by atoms with Gasteiger partial charge in [0, 0.05) is 12.8 Å². The molecule has 3 rings (SSSR count). The second-order valence-corrected chi connectivity index (χ2v) is 9.14. The minimum atomic E-state index is -3.14. The molecule has 1 atom stereocenters. The van der Waals surface area contributed by atoms with Gasteiger partial charge in [0.15, 0.2) is 9.84 Å². The van der Waals surface area contributed by atoms with Gasteiger partial charge in [0.1, 0.15) is 12.3 Å². The lowest BCUT2D eigenvalue weighted by molar-refractivity contribution is -0.138. The fourth-order valence-electron chi connectivity index (χ4n) is 3.36. The third-order valence-electron chi connectivity index (χ3n) is 4.50. The third-order valence-corrected chi connectivity index (χ3v) is 6.25. The van der Waals surface area contributed by atoms with Gasteiger partial charge in [-0.25, -0.2) is 18.2 Å². The van der Waals surface area contributed by atoms with Gasteiger partial charge < -0.3 is 4.74 Å². The largest absolute Gasteiger partial charge is 0.456 e. The fourth-order valence-corrected chi connectivity index (χ4v) is 5.05. The Morgan fingerprint density at radius 2 is 1.92 bits per heavy atom. The lowest BCUT2D eigenvalue weighted by Crippen LogP contribution is -2.42. The Kier molecular flexibility index (Phi) is 5.13. The summed E-state index contributed by atoms with van der Waals surface area (Å²) in [7, 11) is -3.14. The van der Waals surface area contributed by atoms with Crippen molar-refractivity contribution >= 4 is 27.4 Å². The highest BCUT2D eigenvalue weighted by Crippen LogP contribution is 2.22. The van der Waals surface area contributed by atoms with Gasteiger partial charge >= 0.3 is 5.97 Å². The van der Waals surface area contributed by atoms with Gasteiger partial charge in [-0.2, -0.15) is 5.10 Å². The lowest BCUT2D eigenvalue weighted by Gasteiger charge is -2.27. The molecule has 0 saturated carbocycles. The van der Waals surface area contributed by atoms with Gasteiger partial charge in [0.25, 0.3) is 0 Å². The van der Waals surface area contributed by atoms with E-state index in [0.29, 0.717) is 6.42 Å². The molecule has 0 aromatic heterocycles. The number of benzene rings is 1. The zero-order chi connectivity index (χ0) is 18.9. The molecule has 140 valence electrons.